The lowest BCUT2D eigenvalue weighted by Gasteiger charge is -2.27. The van der Waals surface area contributed by atoms with Crippen LogP contribution in [0.15, 0.2) is 41.3 Å². The first-order valence-corrected chi connectivity index (χ1v) is 14.9. The van der Waals surface area contributed by atoms with E-state index in [1.54, 1.807) is 41.8 Å². The summed E-state index contributed by atoms with van der Waals surface area (Å²) in [6, 6.07) is 3.86. The molecule has 0 saturated carbocycles. The number of alkyl halides is 2. The topological polar surface area (TPSA) is 80.6 Å². The van der Waals surface area contributed by atoms with Crippen molar-refractivity contribution in [3.63, 3.8) is 0 Å². The number of aromatic nitrogens is 1. The summed E-state index contributed by atoms with van der Waals surface area (Å²) in [5.41, 5.74) is 0.697. The van der Waals surface area contributed by atoms with Crippen LogP contribution in [0.25, 0.3) is 11.1 Å². The van der Waals surface area contributed by atoms with Crippen LogP contribution in [0.1, 0.15) is 78.6 Å². The molecule has 0 spiro atoms. The van der Waals surface area contributed by atoms with Gasteiger partial charge in [-0.3, -0.25) is 14.5 Å². The average molecular weight is 650 g/mol. The zero-order valence-electron chi connectivity index (χ0n) is 27.0. The Morgan fingerprint density at radius 2 is 1.59 bits per heavy atom. The van der Waals surface area contributed by atoms with Crippen LogP contribution in [0.5, 0.6) is 0 Å². The van der Waals surface area contributed by atoms with E-state index in [2.05, 4.69) is 10.3 Å². The maximum Gasteiger partial charge on any atom is 0.351 e. The summed E-state index contributed by atoms with van der Waals surface area (Å²) in [4.78, 5) is 44.6. The molecule has 0 aliphatic carbocycles. The van der Waals surface area contributed by atoms with E-state index in [0.717, 1.165) is 10.6 Å². The lowest BCUT2D eigenvalue weighted by molar-refractivity contribution is -0.184. The molecule has 12 heteroatoms. The van der Waals surface area contributed by atoms with E-state index in [9.17, 15) is 32.1 Å². The second kappa shape index (κ2) is 15.5. The minimum atomic E-state index is -3.11. The SMILES string of the molecule is Cc1cc(-c2c(C)cc(F)cc2C)cc([C@H](CC(=O)OF)NC(=O)C(CC(C)C)n2cc(CCN(C)C)cc(C(F)F)c2=O)c1F. The Morgan fingerprint density at radius 3 is 2.13 bits per heavy atom. The highest BCUT2D eigenvalue weighted by molar-refractivity contribution is 5.82. The Labute approximate surface area is 265 Å². The van der Waals surface area contributed by atoms with Crippen molar-refractivity contribution in [1.82, 2.24) is 14.8 Å². The molecular formula is C34H40F5N3O4. The molecule has 1 heterocycles. The second-order valence-electron chi connectivity index (χ2n) is 12.3. The normalized spacial score (nSPS) is 12.9. The molecule has 0 saturated heterocycles. The monoisotopic (exact) mass is 649 g/mol. The number of rotatable bonds is 13. The molecule has 0 radical (unpaired) electrons. The van der Waals surface area contributed by atoms with Crippen LogP contribution in [0, 0.1) is 38.3 Å². The summed E-state index contributed by atoms with van der Waals surface area (Å²) in [6.45, 7) is 8.85. The number of pyridine rings is 1. The zero-order valence-corrected chi connectivity index (χ0v) is 27.0. The molecule has 0 aliphatic heterocycles. The lowest BCUT2D eigenvalue weighted by atomic mass is 9.90. The minimum absolute atomic E-state index is 0.0291. The van der Waals surface area contributed by atoms with Gasteiger partial charge in [-0.05, 0) is 117 Å². The number of amides is 1. The van der Waals surface area contributed by atoms with Crippen LogP contribution in [-0.2, 0) is 21.0 Å². The highest BCUT2D eigenvalue weighted by Gasteiger charge is 2.31. The number of nitrogens with one attached hydrogen (secondary N) is 1. The van der Waals surface area contributed by atoms with Gasteiger partial charge < -0.3 is 14.8 Å². The molecule has 1 unspecified atom stereocenters. The maximum absolute atomic E-state index is 15.8. The molecule has 1 N–H and O–H groups in total. The molecule has 1 amide bonds. The van der Waals surface area contributed by atoms with Gasteiger partial charge in [-0.2, -0.15) is 0 Å². The summed E-state index contributed by atoms with van der Waals surface area (Å²) in [5, 5.41) is 2.57. The number of likely N-dealkylation sites (N-methyl/N-ethyl adjacent to an activating group) is 1. The lowest BCUT2D eigenvalue weighted by Crippen LogP contribution is -2.41. The summed E-state index contributed by atoms with van der Waals surface area (Å²) in [7, 11) is 3.60. The smallest absolute Gasteiger partial charge is 0.347 e. The molecule has 0 bridgehead atoms. The molecule has 250 valence electrons. The number of aryl methyl sites for hydroxylation is 3. The van der Waals surface area contributed by atoms with Crippen LogP contribution in [0.4, 0.5) is 22.1 Å². The largest absolute Gasteiger partial charge is 0.351 e. The van der Waals surface area contributed by atoms with Gasteiger partial charge in [0.2, 0.25) is 5.91 Å². The predicted octanol–water partition coefficient (Wildman–Crippen LogP) is 7.02. The zero-order chi connectivity index (χ0) is 34.5. The van der Waals surface area contributed by atoms with E-state index < -0.39 is 59.6 Å². The standard InChI is InChI=1S/C34H40F5N3O4/c1-18(2)10-28(42-17-22(8-9-41(6)7)14-26(32(37)38)34(42)45)33(44)40-27(16-29(43)46-39)25-15-23(11-21(5)31(25)36)30-19(3)12-24(35)13-20(30)4/h11-15,17-18,27-28,32H,8-10,16H2,1-7H3,(H,40,44)/t27-,28?/m0/s1. The van der Waals surface area contributed by atoms with Crippen LogP contribution < -0.4 is 10.9 Å². The van der Waals surface area contributed by atoms with Gasteiger partial charge in [-0.15, -0.1) is 0 Å². The Balaban J connectivity index is 2.17. The molecular weight excluding hydrogens is 609 g/mol. The number of nitrogens with zero attached hydrogens (tertiary/aromatic N) is 2. The first kappa shape index (κ1) is 36.4. The second-order valence-corrected chi connectivity index (χ2v) is 12.3. The van der Waals surface area contributed by atoms with Crippen LogP contribution in [-0.4, -0.2) is 42.0 Å². The van der Waals surface area contributed by atoms with E-state index in [4.69, 9.17) is 0 Å². The van der Waals surface area contributed by atoms with Crippen molar-refractivity contribution in [3.8, 4) is 11.1 Å². The van der Waals surface area contributed by atoms with Gasteiger partial charge in [-0.25, -0.2) is 22.4 Å². The number of hydrogen-bond donors (Lipinski definition) is 1. The van der Waals surface area contributed by atoms with Crippen molar-refractivity contribution < 1.29 is 36.6 Å². The van der Waals surface area contributed by atoms with Crippen LogP contribution in [0.3, 0.4) is 0 Å². The molecule has 3 rings (SSSR count). The Bertz CT molecular complexity index is 1610. The summed E-state index contributed by atoms with van der Waals surface area (Å²) >= 11 is 0. The highest BCUT2D eigenvalue weighted by Crippen LogP contribution is 2.34. The van der Waals surface area contributed by atoms with Crippen molar-refractivity contribution >= 4 is 11.9 Å². The molecule has 2 atom stereocenters. The molecule has 1 aromatic heterocycles. The molecule has 2 aromatic carbocycles. The van der Waals surface area contributed by atoms with E-state index in [0.29, 0.717) is 40.8 Å². The van der Waals surface area contributed by atoms with Gasteiger partial charge in [0.05, 0.1) is 18.0 Å². The number of carbonyl (C=O) groups is 2. The first-order chi connectivity index (χ1) is 21.5. The highest BCUT2D eigenvalue weighted by atomic mass is 19.3. The average Bonchev–Trinajstić information content (AvgIpc) is 2.95. The summed E-state index contributed by atoms with van der Waals surface area (Å²) in [6.07, 6.45) is -2.22. The van der Waals surface area contributed by atoms with E-state index in [1.807, 2.05) is 4.90 Å². The quantitative estimate of drug-likeness (QED) is 0.201. The van der Waals surface area contributed by atoms with Crippen molar-refractivity contribution in [2.75, 3.05) is 20.6 Å². The van der Waals surface area contributed by atoms with Crippen molar-refractivity contribution in [1.29, 1.82) is 0 Å². The summed E-state index contributed by atoms with van der Waals surface area (Å²) < 4.78 is 71.7. The van der Waals surface area contributed by atoms with Gasteiger partial charge in [0.15, 0.2) is 0 Å². The third-order valence-corrected chi connectivity index (χ3v) is 7.76. The molecule has 0 aliphatic rings. The van der Waals surface area contributed by atoms with Crippen molar-refractivity contribution in [2.24, 2.45) is 5.92 Å². The fourth-order valence-corrected chi connectivity index (χ4v) is 5.62. The molecule has 3 aromatic rings. The number of halogens is 5. The Morgan fingerprint density at radius 1 is 0.957 bits per heavy atom. The van der Waals surface area contributed by atoms with Gasteiger partial charge in [0, 0.05) is 22.8 Å². The Kier molecular flexibility index (Phi) is 12.3. The fourth-order valence-electron chi connectivity index (χ4n) is 5.62. The number of benzene rings is 2. The molecule has 7 nitrogen and oxygen atoms in total. The van der Waals surface area contributed by atoms with Gasteiger partial charge >= 0.3 is 5.97 Å². The predicted molar refractivity (Wildman–Crippen MR) is 165 cm³/mol. The van der Waals surface area contributed by atoms with Gasteiger partial charge in [0.25, 0.3) is 12.0 Å². The summed E-state index contributed by atoms with van der Waals surface area (Å²) in [5.74, 6) is -3.72. The maximum atomic E-state index is 15.8. The van der Waals surface area contributed by atoms with Crippen molar-refractivity contribution in [2.45, 2.75) is 72.4 Å². The third-order valence-electron chi connectivity index (χ3n) is 7.76. The van der Waals surface area contributed by atoms with E-state index in [1.165, 1.54) is 37.4 Å². The van der Waals surface area contributed by atoms with Gasteiger partial charge in [-0.1, -0.05) is 13.8 Å². The van der Waals surface area contributed by atoms with Crippen LogP contribution in [0.2, 0.25) is 0 Å². The van der Waals surface area contributed by atoms with E-state index >= 15 is 4.39 Å². The number of hydrogen-bond acceptors (Lipinski definition) is 5. The fraction of sp³-hybridized carbons (Fsp3) is 0.441. The number of carbonyl (C=O) groups excluding carboxylic acids is 2. The van der Waals surface area contributed by atoms with Crippen molar-refractivity contribution in [3.05, 3.63) is 91.9 Å². The first-order valence-electron chi connectivity index (χ1n) is 14.9. The van der Waals surface area contributed by atoms with Gasteiger partial charge in [0.1, 0.15) is 17.7 Å². The van der Waals surface area contributed by atoms with E-state index in [-0.39, 0.29) is 23.5 Å². The molecule has 0 fully saturated rings. The Hall–Kier alpha value is -4.06. The third kappa shape index (κ3) is 8.80. The van der Waals surface area contributed by atoms with Crippen LogP contribution >= 0.6 is 0 Å². The minimum Gasteiger partial charge on any atom is -0.347 e. The molecule has 46 heavy (non-hydrogen) atoms.